The van der Waals surface area contributed by atoms with Gasteiger partial charge in [0.15, 0.2) is 5.82 Å². The van der Waals surface area contributed by atoms with Crippen molar-refractivity contribution < 1.29 is 9.13 Å². The minimum Gasteiger partial charge on any atom is -0.486 e. The summed E-state index contributed by atoms with van der Waals surface area (Å²) >= 11 is 1.54. The molecule has 0 amide bonds. The standard InChI is InChI=1S/C21H19FN4OS/c1-14(16-7-6-15-4-2-3-5-17(15)12-16)28-21-25-24-20(26(21)23)13-27-19-10-8-18(22)9-11-19/h2-12,14H,13,23H2,1H3. The van der Waals surface area contributed by atoms with E-state index in [9.17, 15) is 4.39 Å². The third-order valence-corrected chi connectivity index (χ3v) is 5.56. The molecule has 0 radical (unpaired) electrons. The second-order valence-corrected chi connectivity index (χ2v) is 7.69. The Balaban J connectivity index is 1.45. The number of fused-ring (bicyclic) bond motifs is 1. The van der Waals surface area contributed by atoms with Crippen molar-refractivity contribution in [3.8, 4) is 5.75 Å². The topological polar surface area (TPSA) is 66.0 Å². The third kappa shape index (κ3) is 3.94. The van der Waals surface area contributed by atoms with E-state index in [0.29, 0.717) is 16.7 Å². The van der Waals surface area contributed by atoms with Crippen LogP contribution < -0.4 is 10.6 Å². The quantitative estimate of drug-likeness (QED) is 0.379. The van der Waals surface area contributed by atoms with Gasteiger partial charge in [-0.05, 0) is 47.5 Å². The van der Waals surface area contributed by atoms with E-state index < -0.39 is 0 Å². The normalized spacial score (nSPS) is 12.2. The van der Waals surface area contributed by atoms with E-state index in [1.807, 2.05) is 12.1 Å². The van der Waals surface area contributed by atoms with Gasteiger partial charge in [-0.25, -0.2) is 9.07 Å². The van der Waals surface area contributed by atoms with Gasteiger partial charge < -0.3 is 10.6 Å². The molecule has 3 aromatic carbocycles. The first-order valence-electron chi connectivity index (χ1n) is 8.83. The summed E-state index contributed by atoms with van der Waals surface area (Å²) in [6, 6.07) is 20.5. The Morgan fingerprint density at radius 2 is 1.79 bits per heavy atom. The number of aromatic nitrogens is 3. The number of hydrogen-bond acceptors (Lipinski definition) is 5. The number of rotatable bonds is 6. The maximum Gasteiger partial charge on any atom is 0.210 e. The minimum atomic E-state index is -0.310. The lowest BCUT2D eigenvalue weighted by molar-refractivity contribution is 0.291. The summed E-state index contributed by atoms with van der Waals surface area (Å²) in [6.07, 6.45) is 0. The van der Waals surface area contributed by atoms with E-state index in [2.05, 4.69) is 47.5 Å². The minimum absolute atomic E-state index is 0.153. The lowest BCUT2D eigenvalue weighted by atomic mass is 10.1. The summed E-state index contributed by atoms with van der Waals surface area (Å²) in [5, 5.41) is 11.5. The molecule has 4 rings (SSSR count). The van der Waals surface area contributed by atoms with Crippen molar-refractivity contribution in [1.82, 2.24) is 14.9 Å². The highest BCUT2D eigenvalue weighted by Gasteiger charge is 2.16. The Bertz CT molecular complexity index is 1100. The highest BCUT2D eigenvalue weighted by Crippen LogP contribution is 2.34. The molecule has 1 atom stereocenters. The summed E-state index contributed by atoms with van der Waals surface area (Å²) in [5.74, 6) is 6.87. The van der Waals surface area contributed by atoms with E-state index in [1.165, 1.54) is 44.9 Å². The first-order chi connectivity index (χ1) is 13.6. The largest absolute Gasteiger partial charge is 0.486 e. The fourth-order valence-corrected chi connectivity index (χ4v) is 3.76. The highest BCUT2D eigenvalue weighted by atomic mass is 32.2. The number of thioether (sulfide) groups is 1. The van der Waals surface area contributed by atoms with Crippen molar-refractivity contribution in [2.24, 2.45) is 0 Å². The summed E-state index contributed by atoms with van der Waals surface area (Å²) in [7, 11) is 0. The fourth-order valence-electron chi connectivity index (χ4n) is 2.85. The lowest BCUT2D eigenvalue weighted by Gasteiger charge is -2.12. The Morgan fingerprint density at radius 1 is 1.04 bits per heavy atom. The maximum atomic E-state index is 13.0. The van der Waals surface area contributed by atoms with E-state index in [4.69, 9.17) is 10.6 Å². The van der Waals surface area contributed by atoms with Crippen molar-refractivity contribution in [2.45, 2.75) is 23.9 Å². The molecule has 142 valence electrons. The monoisotopic (exact) mass is 394 g/mol. The van der Waals surface area contributed by atoms with Crippen LogP contribution in [0.25, 0.3) is 10.8 Å². The second kappa shape index (κ2) is 7.90. The molecule has 0 saturated heterocycles. The number of benzene rings is 3. The number of halogens is 1. The van der Waals surface area contributed by atoms with Crippen LogP contribution >= 0.6 is 11.8 Å². The molecule has 0 aliphatic rings. The van der Waals surface area contributed by atoms with Crippen LogP contribution in [0.2, 0.25) is 0 Å². The average molecular weight is 394 g/mol. The molecule has 2 N–H and O–H groups in total. The molecule has 0 bridgehead atoms. The third-order valence-electron chi connectivity index (χ3n) is 4.44. The van der Waals surface area contributed by atoms with Crippen LogP contribution in [0.1, 0.15) is 23.6 Å². The first-order valence-corrected chi connectivity index (χ1v) is 9.71. The van der Waals surface area contributed by atoms with Crippen LogP contribution in [-0.4, -0.2) is 14.9 Å². The van der Waals surface area contributed by atoms with Gasteiger partial charge in [0, 0.05) is 5.25 Å². The number of nitrogens with two attached hydrogens (primary N) is 1. The molecule has 0 aliphatic carbocycles. The molecule has 1 heterocycles. The Kier molecular flexibility index (Phi) is 5.16. The van der Waals surface area contributed by atoms with Crippen LogP contribution in [0.15, 0.2) is 71.9 Å². The predicted molar refractivity (Wildman–Crippen MR) is 109 cm³/mol. The van der Waals surface area contributed by atoms with Gasteiger partial charge in [-0.15, -0.1) is 10.2 Å². The summed E-state index contributed by atoms with van der Waals surface area (Å²) in [4.78, 5) is 0. The molecule has 4 aromatic rings. The fraction of sp³-hybridized carbons (Fsp3) is 0.143. The lowest BCUT2D eigenvalue weighted by Crippen LogP contribution is -2.16. The van der Waals surface area contributed by atoms with E-state index >= 15 is 0 Å². The highest BCUT2D eigenvalue weighted by molar-refractivity contribution is 7.99. The molecule has 0 spiro atoms. The summed E-state index contributed by atoms with van der Waals surface area (Å²) in [6.45, 7) is 2.26. The Morgan fingerprint density at radius 3 is 2.57 bits per heavy atom. The van der Waals surface area contributed by atoms with Crippen LogP contribution in [-0.2, 0) is 6.61 Å². The first kappa shape index (κ1) is 18.3. The number of ether oxygens (including phenoxy) is 1. The smallest absolute Gasteiger partial charge is 0.210 e. The van der Waals surface area contributed by atoms with Crippen LogP contribution in [0.5, 0.6) is 5.75 Å². The van der Waals surface area contributed by atoms with Crippen molar-refractivity contribution in [3.05, 3.63) is 83.9 Å². The van der Waals surface area contributed by atoms with Crippen LogP contribution in [0.4, 0.5) is 4.39 Å². The molecule has 0 aliphatic heterocycles. The molecule has 1 aromatic heterocycles. The molecule has 0 fully saturated rings. The molecular formula is C21H19FN4OS. The zero-order valence-electron chi connectivity index (χ0n) is 15.2. The van der Waals surface area contributed by atoms with Crippen LogP contribution in [0.3, 0.4) is 0 Å². The molecule has 28 heavy (non-hydrogen) atoms. The van der Waals surface area contributed by atoms with Gasteiger partial charge in [0.05, 0.1) is 0 Å². The van der Waals surface area contributed by atoms with Crippen LogP contribution in [0, 0.1) is 5.82 Å². The second-order valence-electron chi connectivity index (χ2n) is 6.38. The van der Waals surface area contributed by atoms with Crippen molar-refractivity contribution >= 4 is 22.5 Å². The van der Waals surface area contributed by atoms with Gasteiger partial charge in [0.25, 0.3) is 0 Å². The maximum absolute atomic E-state index is 13.0. The van der Waals surface area contributed by atoms with Crippen molar-refractivity contribution in [1.29, 1.82) is 0 Å². The Labute approximate surface area is 166 Å². The van der Waals surface area contributed by atoms with Gasteiger partial charge in [0.1, 0.15) is 18.2 Å². The molecular weight excluding hydrogens is 375 g/mol. The predicted octanol–water partition coefficient (Wildman–Crippen LogP) is 4.72. The SMILES string of the molecule is CC(Sc1nnc(COc2ccc(F)cc2)n1N)c1ccc2ccccc2c1. The number of hydrogen-bond donors (Lipinski definition) is 1. The number of nitrogen functional groups attached to an aromatic ring is 1. The van der Waals surface area contributed by atoms with Gasteiger partial charge in [0.2, 0.25) is 5.16 Å². The van der Waals surface area contributed by atoms with E-state index in [-0.39, 0.29) is 17.7 Å². The summed E-state index contributed by atoms with van der Waals surface area (Å²) in [5.41, 5.74) is 1.19. The average Bonchev–Trinajstić information content (AvgIpc) is 3.06. The van der Waals surface area contributed by atoms with Crippen molar-refractivity contribution in [3.63, 3.8) is 0 Å². The molecule has 1 unspecified atom stereocenters. The van der Waals surface area contributed by atoms with Gasteiger partial charge in [-0.2, -0.15) is 0 Å². The van der Waals surface area contributed by atoms with E-state index in [0.717, 1.165) is 0 Å². The summed E-state index contributed by atoms with van der Waals surface area (Å²) < 4.78 is 20.0. The molecule has 5 nitrogen and oxygen atoms in total. The zero-order chi connectivity index (χ0) is 19.5. The van der Waals surface area contributed by atoms with Gasteiger partial charge in [-0.1, -0.05) is 54.2 Å². The Hall–Kier alpha value is -3.06. The number of nitrogens with zero attached hydrogens (tertiary/aromatic N) is 3. The van der Waals surface area contributed by atoms with Crippen molar-refractivity contribution in [2.75, 3.05) is 5.84 Å². The van der Waals surface area contributed by atoms with E-state index in [1.54, 1.807) is 12.1 Å². The molecule has 7 heteroatoms. The molecule has 0 saturated carbocycles. The zero-order valence-corrected chi connectivity index (χ0v) is 16.1. The van der Waals surface area contributed by atoms with Gasteiger partial charge in [-0.3, -0.25) is 0 Å². The van der Waals surface area contributed by atoms with Gasteiger partial charge >= 0.3 is 0 Å².